The van der Waals surface area contributed by atoms with Gasteiger partial charge in [-0.1, -0.05) is 19.4 Å². The van der Waals surface area contributed by atoms with Crippen LogP contribution in [0.4, 0.5) is 13.2 Å². The van der Waals surface area contributed by atoms with Crippen molar-refractivity contribution in [3.05, 3.63) is 12.2 Å². The highest BCUT2D eigenvalue weighted by molar-refractivity contribution is 5.87. The van der Waals surface area contributed by atoms with Crippen LogP contribution < -0.4 is 0 Å². The molecule has 19 heavy (non-hydrogen) atoms. The number of halogens is 3. The molecule has 0 amide bonds. The van der Waals surface area contributed by atoms with E-state index in [9.17, 15) is 23.1 Å². The molecule has 1 aliphatic rings. The van der Waals surface area contributed by atoms with Gasteiger partial charge in [-0.05, 0) is 32.6 Å². The number of rotatable bonds is 4. The van der Waals surface area contributed by atoms with Gasteiger partial charge in [0.25, 0.3) is 0 Å². The molecule has 1 saturated carbocycles. The van der Waals surface area contributed by atoms with Crippen LogP contribution >= 0.6 is 0 Å². The maximum Gasteiger partial charge on any atom is 0.420 e. The van der Waals surface area contributed by atoms with Crippen molar-refractivity contribution in [2.24, 2.45) is 5.92 Å². The Hall–Kier alpha value is -1.04. The second kappa shape index (κ2) is 5.53. The fourth-order valence-corrected chi connectivity index (χ4v) is 2.31. The molecule has 1 rings (SSSR count). The fourth-order valence-electron chi connectivity index (χ4n) is 2.31. The van der Waals surface area contributed by atoms with Crippen molar-refractivity contribution in [3.8, 4) is 0 Å². The summed E-state index contributed by atoms with van der Waals surface area (Å²) in [5.41, 5.74) is -3.03. The van der Waals surface area contributed by atoms with Crippen LogP contribution in [-0.4, -0.2) is 29.0 Å². The van der Waals surface area contributed by atoms with E-state index in [1.165, 1.54) is 6.92 Å². The lowest BCUT2D eigenvalue weighted by Crippen LogP contribution is -2.56. The summed E-state index contributed by atoms with van der Waals surface area (Å²) >= 11 is 0. The number of aliphatic hydroxyl groups is 1. The van der Waals surface area contributed by atoms with Crippen LogP contribution in [0.5, 0.6) is 0 Å². The Morgan fingerprint density at radius 3 is 2.21 bits per heavy atom. The average Bonchev–Trinajstić information content (AvgIpc) is 2.76. The zero-order valence-corrected chi connectivity index (χ0v) is 11.1. The molecule has 0 saturated heterocycles. The van der Waals surface area contributed by atoms with Crippen LogP contribution in [-0.2, 0) is 9.53 Å². The van der Waals surface area contributed by atoms with Crippen LogP contribution in [0.2, 0.25) is 0 Å². The Kier molecular flexibility index (Phi) is 4.66. The predicted molar refractivity (Wildman–Crippen MR) is 63.3 cm³/mol. The topological polar surface area (TPSA) is 46.5 Å². The highest BCUT2D eigenvalue weighted by atomic mass is 19.4. The summed E-state index contributed by atoms with van der Waals surface area (Å²) in [5.74, 6) is -1.37. The molecule has 0 aromatic carbocycles. The minimum absolute atomic E-state index is 0.0148. The normalized spacial score (nSPS) is 21.8. The van der Waals surface area contributed by atoms with Gasteiger partial charge >= 0.3 is 12.1 Å². The maximum absolute atomic E-state index is 12.9. The average molecular weight is 280 g/mol. The van der Waals surface area contributed by atoms with Crippen LogP contribution in [0.25, 0.3) is 0 Å². The third-order valence-corrected chi connectivity index (χ3v) is 3.54. The molecule has 6 heteroatoms. The molecule has 0 aromatic rings. The minimum Gasteiger partial charge on any atom is -0.455 e. The van der Waals surface area contributed by atoms with Crippen LogP contribution in [0, 0.1) is 5.92 Å². The molecule has 1 aliphatic carbocycles. The van der Waals surface area contributed by atoms with Crippen LogP contribution in [0.3, 0.4) is 0 Å². The van der Waals surface area contributed by atoms with E-state index in [-0.39, 0.29) is 5.57 Å². The Morgan fingerprint density at radius 2 is 1.84 bits per heavy atom. The molecule has 110 valence electrons. The Balaban J connectivity index is 2.98. The van der Waals surface area contributed by atoms with E-state index in [1.54, 1.807) is 0 Å². The summed E-state index contributed by atoms with van der Waals surface area (Å²) in [7, 11) is 0. The summed E-state index contributed by atoms with van der Waals surface area (Å²) in [4.78, 5) is 11.5. The standard InChI is InChI=1S/C13H19F3O3/c1-8(2)11(17)19-10(9-6-4-5-7-9)12(3,18)13(14,15)16/h9-10,18H,1,4-7H2,2-3H3. The molecule has 3 nitrogen and oxygen atoms in total. The fraction of sp³-hybridized carbons (Fsp3) is 0.769. The van der Waals surface area contributed by atoms with Crippen molar-refractivity contribution in [1.82, 2.24) is 0 Å². The molecular formula is C13H19F3O3. The molecule has 0 radical (unpaired) electrons. The van der Waals surface area contributed by atoms with Crippen molar-refractivity contribution in [3.63, 3.8) is 0 Å². The van der Waals surface area contributed by atoms with E-state index in [2.05, 4.69) is 6.58 Å². The molecule has 0 aromatic heterocycles. The molecule has 0 aliphatic heterocycles. The van der Waals surface area contributed by atoms with Gasteiger partial charge < -0.3 is 9.84 Å². The zero-order chi connectivity index (χ0) is 14.8. The first-order chi connectivity index (χ1) is 8.57. The maximum atomic E-state index is 12.9. The SMILES string of the molecule is C=C(C)C(=O)OC(C1CCCC1)C(C)(O)C(F)(F)F. The monoisotopic (exact) mass is 280 g/mol. The Morgan fingerprint density at radius 1 is 1.37 bits per heavy atom. The van der Waals surface area contributed by atoms with Gasteiger partial charge in [0.15, 0.2) is 5.60 Å². The third-order valence-electron chi connectivity index (χ3n) is 3.54. The molecule has 0 heterocycles. The summed E-state index contributed by atoms with van der Waals surface area (Å²) in [5, 5.41) is 9.77. The van der Waals surface area contributed by atoms with E-state index in [0.717, 1.165) is 12.8 Å². The van der Waals surface area contributed by atoms with Gasteiger partial charge in [0.1, 0.15) is 6.10 Å². The van der Waals surface area contributed by atoms with Crippen molar-refractivity contribution >= 4 is 5.97 Å². The van der Waals surface area contributed by atoms with Gasteiger partial charge in [-0.15, -0.1) is 0 Å². The number of hydrogen-bond acceptors (Lipinski definition) is 3. The summed E-state index contributed by atoms with van der Waals surface area (Å²) in [6.45, 7) is 5.35. The largest absolute Gasteiger partial charge is 0.455 e. The second-order valence-electron chi connectivity index (χ2n) is 5.30. The molecular weight excluding hydrogens is 261 g/mol. The number of esters is 1. The van der Waals surface area contributed by atoms with Crippen molar-refractivity contribution in [2.75, 3.05) is 0 Å². The first-order valence-corrected chi connectivity index (χ1v) is 6.23. The molecule has 2 atom stereocenters. The first-order valence-electron chi connectivity index (χ1n) is 6.23. The highest BCUT2D eigenvalue weighted by Gasteiger charge is 2.59. The second-order valence-corrected chi connectivity index (χ2v) is 5.30. The summed E-state index contributed by atoms with van der Waals surface area (Å²) < 4.78 is 43.7. The number of alkyl halides is 3. The van der Waals surface area contributed by atoms with Crippen LogP contribution in [0.15, 0.2) is 12.2 Å². The zero-order valence-electron chi connectivity index (χ0n) is 11.1. The number of carbonyl (C=O) groups excluding carboxylic acids is 1. The number of hydrogen-bond donors (Lipinski definition) is 1. The van der Waals surface area contributed by atoms with Gasteiger partial charge in [-0.3, -0.25) is 0 Å². The van der Waals surface area contributed by atoms with Gasteiger partial charge in [0, 0.05) is 5.57 Å². The van der Waals surface area contributed by atoms with E-state index >= 15 is 0 Å². The molecule has 1 fully saturated rings. The van der Waals surface area contributed by atoms with E-state index < -0.39 is 29.8 Å². The van der Waals surface area contributed by atoms with Gasteiger partial charge in [-0.2, -0.15) is 13.2 Å². The lowest BCUT2D eigenvalue weighted by molar-refractivity contribution is -0.291. The number of carbonyl (C=O) groups is 1. The van der Waals surface area contributed by atoms with E-state index in [1.807, 2.05) is 0 Å². The quantitative estimate of drug-likeness (QED) is 0.636. The van der Waals surface area contributed by atoms with Gasteiger partial charge in [0.05, 0.1) is 0 Å². The smallest absolute Gasteiger partial charge is 0.420 e. The van der Waals surface area contributed by atoms with Crippen molar-refractivity contribution in [2.45, 2.75) is 57.4 Å². The Labute approximate surface area is 110 Å². The molecule has 2 unspecified atom stereocenters. The lowest BCUT2D eigenvalue weighted by atomic mass is 9.86. The van der Waals surface area contributed by atoms with E-state index in [0.29, 0.717) is 19.8 Å². The van der Waals surface area contributed by atoms with Crippen molar-refractivity contribution in [1.29, 1.82) is 0 Å². The van der Waals surface area contributed by atoms with Crippen molar-refractivity contribution < 1.29 is 27.8 Å². The minimum atomic E-state index is -4.85. The molecule has 1 N–H and O–H groups in total. The third kappa shape index (κ3) is 3.49. The summed E-state index contributed by atoms with van der Waals surface area (Å²) in [6, 6.07) is 0. The van der Waals surface area contributed by atoms with E-state index in [4.69, 9.17) is 4.74 Å². The number of ether oxygens (including phenoxy) is 1. The lowest BCUT2D eigenvalue weighted by Gasteiger charge is -2.37. The Bertz CT molecular complexity index is 355. The van der Waals surface area contributed by atoms with Gasteiger partial charge in [-0.25, -0.2) is 4.79 Å². The highest BCUT2D eigenvalue weighted by Crippen LogP contribution is 2.41. The molecule has 0 spiro atoms. The summed E-state index contributed by atoms with van der Waals surface area (Å²) in [6.07, 6.45) is -3.85. The predicted octanol–water partition coefficient (Wildman–Crippen LogP) is 2.98. The van der Waals surface area contributed by atoms with Gasteiger partial charge in [0.2, 0.25) is 0 Å². The van der Waals surface area contributed by atoms with Crippen LogP contribution in [0.1, 0.15) is 39.5 Å². The molecule has 0 bridgehead atoms. The first kappa shape index (κ1) is 16.0.